The molecule has 0 atom stereocenters. The minimum Gasteiger partial charge on any atom is -0.395 e. The molecule has 0 aliphatic heterocycles. The quantitative estimate of drug-likeness (QED) is 0.921. The summed E-state index contributed by atoms with van der Waals surface area (Å²) >= 11 is 1.61. The minimum absolute atomic E-state index is 0.146. The van der Waals surface area contributed by atoms with Crippen molar-refractivity contribution >= 4 is 21.4 Å². The van der Waals surface area contributed by atoms with E-state index >= 15 is 0 Å². The molecule has 1 aliphatic carbocycles. The van der Waals surface area contributed by atoms with E-state index in [1.807, 2.05) is 4.52 Å². The van der Waals surface area contributed by atoms with Gasteiger partial charge in [0, 0.05) is 18.5 Å². The number of fused-ring (bicyclic) bond motifs is 1. The van der Waals surface area contributed by atoms with E-state index < -0.39 is 0 Å². The van der Waals surface area contributed by atoms with Crippen LogP contribution in [0.15, 0.2) is 6.20 Å². The molecule has 0 bridgehead atoms. The first-order valence-corrected chi connectivity index (χ1v) is 8.24. The van der Waals surface area contributed by atoms with Crippen molar-refractivity contribution in [3.8, 4) is 0 Å². The van der Waals surface area contributed by atoms with Gasteiger partial charge < -0.3 is 10.0 Å². The van der Waals surface area contributed by atoms with E-state index in [0.29, 0.717) is 18.5 Å². The molecule has 2 aromatic heterocycles. The molecule has 1 fully saturated rings. The van der Waals surface area contributed by atoms with Gasteiger partial charge in [0.1, 0.15) is 0 Å². The van der Waals surface area contributed by atoms with Gasteiger partial charge in [0.05, 0.1) is 18.5 Å². The van der Waals surface area contributed by atoms with Gasteiger partial charge in [-0.25, -0.2) is 9.50 Å². The highest BCUT2D eigenvalue weighted by Crippen LogP contribution is 2.34. The Bertz CT molecular complexity index is 539. The number of imidazole rings is 1. The molecule has 2 heterocycles. The molecule has 20 heavy (non-hydrogen) atoms. The molecule has 0 aromatic carbocycles. The Morgan fingerprint density at radius 3 is 2.80 bits per heavy atom. The van der Waals surface area contributed by atoms with E-state index in [-0.39, 0.29) is 6.61 Å². The van der Waals surface area contributed by atoms with Crippen LogP contribution in [0, 0.1) is 0 Å². The zero-order valence-electron chi connectivity index (χ0n) is 12.1. The summed E-state index contributed by atoms with van der Waals surface area (Å²) in [5.74, 6) is 0.631. The van der Waals surface area contributed by atoms with Gasteiger partial charge >= 0.3 is 0 Å². The van der Waals surface area contributed by atoms with Crippen molar-refractivity contribution in [1.29, 1.82) is 0 Å². The molecule has 110 valence electrons. The zero-order chi connectivity index (χ0) is 14.1. The van der Waals surface area contributed by atoms with Crippen LogP contribution in [0.25, 0.3) is 4.96 Å². The number of aliphatic hydroxyl groups excluding tert-OH is 1. The van der Waals surface area contributed by atoms with Crippen LogP contribution in [-0.2, 0) is 0 Å². The van der Waals surface area contributed by atoms with Gasteiger partial charge in [0.25, 0.3) is 0 Å². The fraction of sp³-hybridized carbons (Fsp3) is 0.714. The molecule has 1 N–H and O–H groups in total. The topological polar surface area (TPSA) is 53.7 Å². The fourth-order valence-electron chi connectivity index (χ4n) is 2.92. The third-order valence-corrected chi connectivity index (χ3v) is 4.99. The number of anilines is 1. The summed E-state index contributed by atoms with van der Waals surface area (Å²) in [5, 5.41) is 14.7. The second-order valence-electron chi connectivity index (χ2n) is 5.77. The van der Waals surface area contributed by atoms with Gasteiger partial charge in [0.15, 0.2) is 0 Å². The van der Waals surface area contributed by atoms with Gasteiger partial charge in [-0.3, -0.25) is 0 Å². The second kappa shape index (κ2) is 5.69. The van der Waals surface area contributed by atoms with Crippen molar-refractivity contribution < 1.29 is 5.11 Å². The van der Waals surface area contributed by atoms with Gasteiger partial charge in [-0.15, -0.1) is 5.10 Å². The third kappa shape index (κ3) is 2.54. The number of rotatable bonds is 5. The van der Waals surface area contributed by atoms with E-state index in [0.717, 1.165) is 10.1 Å². The van der Waals surface area contributed by atoms with E-state index in [1.165, 1.54) is 31.4 Å². The van der Waals surface area contributed by atoms with Crippen molar-refractivity contribution in [2.45, 2.75) is 51.5 Å². The Balaban J connectivity index is 1.85. The predicted octanol–water partition coefficient (Wildman–Crippen LogP) is 2.66. The maximum Gasteiger partial charge on any atom is 0.214 e. The summed E-state index contributed by atoms with van der Waals surface area (Å²) in [4.78, 5) is 7.83. The first-order chi connectivity index (χ1) is 9.69. The standard InChI is InChI=1S/C14H22N4OS/c1-10(2)17(7-8-19)14-16-18-9-12(15-13(18)20-14)11-5-3-4-6-11/h9-11,19H,3-8H2,1-2H3. The van der Waals surface area contributed by atoms with E-state index in [4.69, 9.17) is 4.98 Å². The van der Waals surface area contributed by atoms with Crippen LogP contribution in [0.5, 0.6) is 0 Å². The normalized spacial score (nSPS) is 16.6. The highest BCUT2D eigenvalue weighted by Gasteiger charge is 2.22. The Kier molecular flexibility index (Phi) is 3.94. The summed E-state index contributed by atoms with van der Waals surface area (Å²) in [6.45, 7) is 4.99. The summed E-state index contributed by atoms with van der Waals surface area (Å²) in [6.07, 6.45) is 7.27. The molecular formula is C14H22N4OS. The lowest BCUT2D eigenvalue weighted by atomic mass is 10.1. The lowest BCUT2D eigenvalue weighted by molar-refractivity contribution is 0.299. The average molecular weight is 294 g/mol. The van der Waals surface area contributed by atoms with E-state index in [2.05, 4.69) is 30.0 Å². The van der Waals surface area contributed by atoms with Crippen LogP contribution in [0.2, 0.25) is 0 Å². The average Bonchev–Trinajstić information content (AvgIpc) is 3.09. The predicted molar refractivity (Wildman–Crippen MR) is 81.6 cm³/mol. The van der Waals surface area contributed by atoms with Crippen LogP contribution in [0.4, 0.5) is 5.13 Å². The molecule has 0 amide bonds. The Labute approximate surface area is 123 Å². The Morgan fingerprint density at radius 1 is 1.45 bits per heavy atom. The third-order valence-electron chi connectivity index (χ3n) is 4.03. The molecule has 0 unspecified atom stereocenters. The van der Waals surface area contributed by atoms with Crippen LogP contribution in [-0.4, -0.2) is 38.9 Å². The number of hydrogen-bond acceptors (Lipinski definition) is 5. The molecule has 0 spiro atoms. The summed E-state index contributed by atoms with van der Waals surface area (Å²) in [6, 6.07) is 0.326. The smallest absolute Gasteiger partial charge is 0.214 e. The lowest BCUT2D eigenvalue weighted by Gasteiger charge is -2.24. The molecule has 1 saturated carbocycles. The van der Waals surface area contributed by atoms with E-state index in [9.17, 15) is 5.11 Å². The monoisotopic (exact) mass is 294 g/mol. The lowest BCUT2D eigenvalue weighted by Crippen LogP contribution is -2.33. The van der Waals surface area contributed by atoms with Crippen molar-refractivity contribution in [2.24, 2.45) is 0 Å². The number of hydrogen-bond donors (Lipinski definition) is 1. The van der Waals surface area contributed by atoms with Gasteiger partial charge in [0.2, 0.25) is 10.1 Å². The maximum absolute atomic E-state index is 9.17. The van der Waals surface area contributed by atoms with Crippen LogP contribution in [0.1, 0.15) is 51.1 Å². The first-order valence-electron chi connectivity index (χ1n) is 7.42. The molecule has 0 radical (unpaired) electrons. The largest absolute Gasteiger partial charge is 0.395 e. The number of nitrogens with zero attached hydrogens (tertiary/aromatic N) is 4. The summed E-state index contributed by atoms with van der Waals surface area (Å²) < 4.78 is 1.90. The second-order valence-corrected chi connectivity index (χ2v) is 6.70. The molecule has 0 saturated heterocycles. The van der Waals surface area contributed by atoms with Gasteiger partial charge in [-0.1, -0.05) is 24.2 Å². The Morgan fingerprint density at radius 2 is 2.20 bits per heavy atom. The highest BCUT2D eigenvalue weighted by atomic mass is 32.1. The summed E-state index contributed by atoms with van der Waals surface area (Å²) in [7, 11) is 0. The van der Waals surface area contributed by atoms with E-state index in [1.54, 1.807) is 11.3 Å². The van der Waals surface area contributed by atoms with Crippen molar-refractivity contribution in [3.05, 3.63) is 11.9 Å². The Hall–Kier alpha value is -1.14. The molecule has 1 aliphatic rings. The summed E-state index contributed by atoms with van der Waals surface area (Å²) in [5.41, 5.74) is 1.20. The SMILES string of the molecule is CC(C)N(CCO)c1nn2cc(C3CCCC3)nc2s1. The fourth-order valence-corrected chi connectivity index (χ4v) is 3.97. The molecule has 2 aromatic rings. The van der Waals surface area contributed by atoms with Crippen molar-refractivity contribution in [3.63, 3.8) is 0 Å². The highest BCUT2D eigenvalue weighted by molar-refractivity contribution is 7.20. The van der Waals surface area contributed by atoms with Crippen molar-refractivity contribution in [2.75, 3.05) is 18.1 Å². The van der Waals surface area contributed by atoms with Crippen molar-refractivity contribution in [1.82, 2.24) is 14.6 Å². The van der Waals surface area contributed by atoms with Gasteiger partial charge in [-0.2, -0.15) is 0 Å². The maximum atomic E-state index is 9.17. The number of aromatic nitrogens is 3. The number of aliphatic hydroxyl groups is 1. The minimum atomic E-state index is 0.146. The van der Waals surface area contributed by atoms with Gasteiger partial charge in [-0.05, 0) is 26.7 Å². The zero-order valence-corrected chi connectivity index (χ0v) is 12.9. The molecule has 5 nitrogen and oxygen atoms in total. The molecule has 6 heteroatoms. The first kappa shape index (κ1) is 13.8. The van der Waals surface area contributed by atoms with Crippen LogP contribution < -0.4 is 4.90 Å². The van der Waals surface area contributed by atoms with Crippen LogP contribution in [0.3, 0.4) is 0 Å². The molecular weight excluding hydrogens is 272 g/mol. The van der Waals surface area contributed by atoms with Crippen LogP contribution >= 0.6 is 11.3 Å². The molecule has 3 rings (SSSR count).